The molecule has 132 valence electrons. The van der Waals surface area contributed by atoms with Gasteiger partial charge in [-0.1, -0.05) is 0 Å². The number of benzene rings is 1. The molecule has 1 aliphatic rings. The van der Waals surface area contributed by atoms with Crippen LogP contribution in [0.3, 0.4) is 0 Å². The second kappa shape index (κ2) is 8.08. The minimum Gasteiger partial charge on any atom is -0.481 e. The van der Waals surface area contributed by atoms with E-state index in [1.165, 1.54) is 13.0 Å². The van der Waals surface area contributed by atoms with E-state index in [-0.39, 0.29) is 30.1 Å². The largest absolute Gasteiger partial charge is 0.481 e. The van der Waals surface area contributed by atoms with Crippen molar-refractivity contribution < 1.29 is 27.8 Å². The third kappa shape index (κ3) is 4.43. The van der Waals surface area contributed by atoms with Gasteiger partial charge in [0.2, 0.25) is 0 Å². The van der Waals surface area contributed by atoms with Crippen LogP contribution in [0.2, 0.25) is 0 Å². The van der Waals surface area contributed by atoms with Crippen molar-refractivity contribution in [1.82, 2.24) is 4.90 Å². The Labute approximate surface area is 139 Å². The predicted molar refractivity (Wildman–Crippen MR) is 82.4 cm³/mol. The molecule has 0 aliphatic carbocycles. The molecule has 24 heavy (non-hydrogen) atoms. The zero-order chi connectivity index (χ0) is 17.7. The summed E-state index contributed by atoms with van der Waals surface area (Å²) in [5.74, 6) is -2.87. The van der Waals surface area contributed by atoms with Gasteiger partial charge in [0.25, 0.3) is 5.91 Å². The average molecular weight is 341 g/mol. The topological polar surface area (TPSA) is 55.8 Å². The molecule has 1 aromatic carbocycles. The summed E-state index contributed by atoms with van der Waals surface area (Å²) in [7, 11) is 0. The molecule has 1 fully saturated rings. The molecule has 0 radical (unpaired) electrons. The standard InChI is InChI=1S/C17H21F2NO4/c1-3-23-17(22)12-5-4-8-20(10-12)16(21)11(2)24-13-6-7-14(18)15(19)9-13/h6-7,9,11-12H,3-5,8,10H2,1-2H3. The lowest BCUT2D eigenvalue weighted by molar-refractivity contribution is -0.152. The third-order valence-corrected chi connectivity index (χ3v) is 3.90. The van der Waals surface area contributed by atoms with Crippen LogP contribution in [0.15, 0.2) is 18.2 Å². The smallest absolute Gasteiger partial charge is 0.310 e. The molecule has 0 N–H and O–H groups in total. The molecule has 0 spiro atoms. The first kappa shape index (κ1) is 18.2. The SMILES string of the molecule is CCOC(=O)C1CCCN(C(=O)C(C)Oc2ccc(F)c(F)c2)C1. The Morgan fingerprint density at radius 2 is 2.08 bits per heavy atom. The monoisotopic (exact) mass is 341 g/mol. The number of carbonyl (C=O) groups excluding carboxylic acids is 2. The molecule has 1 heterocycles. The second-order valence-electron chi connectivity index (χ2n) is 5.71. The highest BCUT2D eigenvalue weighted by molar-refractivity contribution is 5.82. The normalized spacial score (nSPS) is 18.8. The van der Waals surface area contributed by atoms with Crippen LogP contribution >= 0.6 is 0 Å². The molecule has 1 saturated heterocycles. The summed E-state index contributed by atoms with van der Waals surface area (Å²) in [6.45, 7) is 4.39. The minimum atomic E-state index is -1.03. The Morgan fingerprint density at radius 1 is 1.33 bits per heavy atom. The van der Waals surface area contributed by atoms with E-state index >= 15 is 0 Å². The molecule has 1 aliphatic heterocycles. The first-order chi connectivity index (χ1) is 11.4. The number of halogens is 2. The number of amides is 1. The van der Waals surface area contributed by atoms with Crippen LogP contribution < -0.4 is 4.74 Å². The van der Waals surface area contributed by atoms with Crippen molar-refractivity contribution in [3.8, 4) is 5.75 Å². The Hall–Kier alpha value is -2.18. The van der Waals surface area contributed by atoms with E-state index in [0.717, 1.165) is 12.1 Å². The number of nitrogens with zero attached hydrogens (tertiary/aromatic N) is 1. The highest BCUT2D eigenvalue weighted by atomic mass is 19.2. The van der Waals surface area contributed by atoms with Gasteiger partial charge in [-0.25, -0.2) is 8.78 Å². The van der Waals surface area contributed by atoms with Crippen LogP contribution in [-0.4, -0.2) is 42.6 Å². The Morgan fingerprint density at radius 3 is 2.75 bits per heavy atom. The fourth-order valence-corrected chi connectivity index (χ4v) is 2.69. The third-order valence-electron chi connectivity index (χ3n) is 3.90. The predicted octanol–water partition coefficient (Wildman–Crippen LogP) is 2.53. The molecule has 5 nitrogen and oxygen atoms in total. The number of hydrogen-bond donors (Lipinski definition) is 0. The average Bonchev–Trinajstić information content (AvgIpc) is 2.57. The maximum atomic E-state index is 13.2. The Balaban J connectivity index is 1.96. The summed E-state index contributed by atoms with van der Waals surface area (Å²) in [6, 6.07) is 3.11. The van der Waals surface area contributed by atoms with E-state index in [0.29, 0.717) is 26.0 Å². The van der Waals surface area contributed by atoms with E-state index in [1.54, 1.807) is 11.8 Å². The molecule has 1 aromatic rings. The van der Waals surface area contributed by atoms with Crippen LogP contribution in [0, 0.1) is 17.6 Å². The van der Waals surface area contributed by atoms with Gasteiger partial charge in [0.05, 0.1) is 12.5 Å². The Kier molecular flexibility index (Phi) is 6.11. The van der Waals surface area contributed by atoms with Crippen molar-refractivity contribution in [3.63, 3.8) is 0 Å². The molecule has 1 amide bonds. The lowest BCUT2D eigenvalue weighted by Crippen LogP contribution is -2.47. The lowest BCUT2D eigenvalue weighted by atomic mass is 9.98. The second-order valence-corrected chi connectivity index (χ2v) is 5.71. The maximum absolute atomic E-state index is 13.2. The quantitative estimate of drug-likeness (QED) is 0.773. The molecule has 7 heteroatoms. The highest BCUT2D eigenvalue weighted by Crippen LogP contribution is 2.21. The van der Waals surface area contributed by atoms with E-state index in [2.05, 4.69) is 0 Å². The molecular weight excluding hydrogens is 320 g/mol. The van der Waals surface area contributed by atoms with E-state index in [1.807, 2.05) is 0 Å². The number of piperidine rings is 1. The minimum absolute atomic E-state index is 0.0775. The summed E-state index contributed by atoms with van der Waals surface area (Å²) < 4.78 is 36.5. The fraction of sp³-hybridized carbons (Fsp3) is 0.529. The van der Waals surface area contributed by atoms with Gasteiger partial charge in [-0.05, 0) is 38.8 Å². The number of rotatable bonds is 5. The summed E-state index contributed by atoms with van der Waals surface area (Å²) in [5, 5.41) is 0. The van der Waals surface area contributed by atoms with Crippen LogP contribution in [-0.2, 0) is 14.3 Å². The number of carbonyl (C=O) groups is 2. The van der Waals surface area contributed by atoms with Crippen molar-refractivity contribution in [1.29, 1.82) is 0 Å². The maximum Gasteiger partial charge on any atom is 0.310 e. The van der Waals surface area contributed by atoms with Gasteiger partial charge in [0.15, 0.2) is 17.7 Å². The molecule has 0 bridgehead atoms. The molecule has 2 unspecified atom stereocenters. The molecule has 0 aromatic heterocycles. The summed E-state index contributed by atoms with van der Waals surface area (Å²) in [4.78, 5) is 25.8. The van der Waals surface area contributed by atoms with Crippen molar-refractivity contribution in [2.45, 2.75) is 32.8 Å². The zero-order valence-electron chi connectivity index (χ0n) is 13.8. The van der Waals surface area contributed by atoms with Gasteiger partial charge >= 0.3 is 5.97 Å². The lowest BCUT2D eigenvalue weighted by Gasteiger charge is -2.33. The molecule has 2 rings (SSSR count). The van der Waals surface area contributed by atoms with Crippen LogP contribution in [0.25, 0.3) is 0 Å². The summed E-state index contributed by atoms with van der Waals surface area (Å²) in [5.41, 5.74) is 0. The van der Waals surface area contributed by atoms with Crippen molar-refractivity contribution in [2.24, 2.45) is 5.92 Å². The van der Waals surface area contributed by atoms with Gasteiger partial charge in [-0.3, -0.25) is 9.59 Å². The van der Waals surface area contributed by atoms with Crippen molar-refractivity contribution in [2.75, 3.05) is 19.7 Å². The number of hydrogen-bond acceptors (Lipinski definition) is 4. The van der Waals surface area contributed by atoms with Gasteiger partial charge in [0, 0.05) is 19.2 Å². The number of esters is 1. The highest BCUT2D eigenvalue weighted by Gasteiger charge is 2.31. The molecule has 2 atom stereocenters. The Bertz CT molecular complexity index is 608. The van der Waals surface area contributed by atoms with E-state index < -0.39 is 17.7 Å². The summed E-state index contributed by atoms with van der Waals surface area (Å²) in [6.07, 6.45) is 0.518. The fourth-order valence-electron chi connectivity index (χ4n) is 2.69. The van der Waals surface area contributed by atoms with Crippen LogP contribution in [0.1, 0.15) is 26.7 Å². The van der Waals surface area contributed by atoms with Gasteiger partial charge in [-0.15, -0.1) is 0 Å². The van der Waals surface area contributed by atoms with Crippen LogP contribution in [0.4, 0.5) is 8.78 Å². The van der Waals surface area contributed by atoms with Crippen molar-refractivity contribution in [3.05, 3.63) is 29.8 Å². The molecular formula is C17H21F2NO4. The van der Waals surface area contributed by atoms with Gasteiger partial charge in [-0.2, -0.15) is 0 Å². The number of likely N-dealkylation sites (tertiary alicyclic amines) is 1. The van der Waals surface area contributed by atoms with E-state index in [9.17, 15) is 18.4 Å². The van der Waals surface area contributed by atoms with Gasteiger partial charge in [0.1, 0.15) is 5.75 Å². The van der Waals surface area contributed by atoms with Crippen LogP contribution in [0.5, 0.6) is 5.75 Å². The first-order valence-electron chi connectivity index (χ1n) is 7.99. The first-order valence-corrected chi connectivity index (χ1v) is 7.99. The zero-order valence-corrected chi connectivity index (χ0v) is 13.8. The number of ether oxygens (including phenoxy) is 2. The summed E-state index contributed by atoms with van der Waals surface area (Å²) >= 11 is 0. The van der Waals surface area contributed by atoms with Gasteiger partial charge < -0.3 is 14.4 Å². The van der Waals surface area contributed by atoms with E-state index in [4.69, 9.17) is 9.47 Å². The molecule has 0 saturated carbocycles. The van der Waals surface area contributed by atoms with Crippen molar-refractivity contribution >= 4 is 11.9 Å².